The molecule has 2 aliphatic heterocycles. The van der Waals surface area contributed by atoms with E-state index in [9.17, 15) is 9.90 Å². The fraction of sp³-hybridized carbons (Fsp3) is 0.519. The average molecular weight is 517 g/mol. The Labute approximate surface area is 215 Å². The highest BCUT2D eigenvalue weighted by Gasteiger charge is 2.73. The van der Waals surface area contributed by atoms with Crippen molar-refractivity contribution in [2.24, 2.45) is 0 Å². The van der Waals surface area contributed by atoms with E-state index in [-0.39, 0.29) is 30.5 Å². The number of benzene rings is 2. The lowest BCUT2D eigenvalue weighted by molar-refractivity contribution is -0.196. The Bertz CT molecular complexity index is 1220. The molecule has 1 amide bonds. The van der Waals surface area contributed by atoms with Crippen LogP contribution in [0.25, 0.3) is 0 Å². The zero-order valence-corrected chi connectivity index (χ0v) is 21.7. The van der Waals surface area contributed by atoms with Crippen molar-refractivity contribution in [1.82, 2.24) is 9.80 Å². The Morgan fingerprint density at radius 3 is 2.80 bits per heavy atom. The number of likely N-dealkylation sites (tertiary alicyclic amines) is 1. The minimum absolute atomic E-state index is 0.0118. The van der Waals surface area contributed by atoms with Crippen molar-refractivity contribution in [2.45, 2.75) is 61.3 Å². The van der Waals surface area contributed by atoms with Gasteiger partial charge in [-0.25, -0.2) is 0 Å². The summed E-state index contributed by atoms with van der Waals surface area (Å²) in [7, 11) is 5.61. The van der Waals surface area contributed by atoms with Crippen LogP contribution in [-0.2, 0) is 23.1 Å². The highest BCUT2D eigenvalue weighted by molar-refractivity contribution is 6.42. The average Bonchev–Trinajstić information content (AvgIpc) is 3.19. The number of methoxy groups -OCH3 is 1. The van der Waals surface area contributed by atoms with E-state index < -0.39 is 11.0 Å². The molecule has 1 N–H and O–H groups in total. The van der Waals surface area contributed by atoms with Crippen LogP contribution < -0.4 is 9.47 Å². The number of piperidine rings is 1. The molecule has 1 spiro atoms. The Hall–Kier alpha value is -1.99. The first-order chi connectivity index (χ1) is 16.7. The maximum absolute atomic E-state index is 13.5. The van der Waals surface area contributed by atoms with Crippen molar-refractivity contribution in [3.8, 4) is 11.5 Å². The molecule has 2 fully saturated rings. The maximum Gasteiger partial charge on any atom is 0.227 e. The van der Waals surface area contributed by atoms with Gasteiger partial charge in [0.25, 0.3) is 0 Å². The largest absolute Gasteiger partial charge is 0.493 e. The second kappa shape index (κ2) is 8.01. The van der Waals surface area contributed by atoms with Crippen LogP contribution in [0.2, 0.25) is 10.0 Å². The van der Waals surface area contributed by atoms with Crippen LogP contribution in [0.5, 0.6) is 11.5 Å². The first-order valence-electron chi connectivity index (χ1n) is 12.2. The molecule has 0 radical (unpaired) electrons. The van der Waals surface area contributed by atoms with Gasteiger partial charge in [0, 0.05) is 18.7 Å². The third-order valence-electron chi connectivity index (χ3n) is 9.13. The molecule has 8 heteroatoms. The molecule has 2 unspecified atom stereocenters. The van der Waals surface area contributed by atoms with Crippen LogP contribution in [0, 0.1) is 0 Å². The lowest BCUT2D eigenvalue weighted by Gasteiger charge is -2.64. The maximum atomic E-state index is 13.5. The van der Waals surface area contributed by atoms with Crippen LogP contribution in [-0.4, -0.2) is 72.4 Å². The van der Waals surface area contributed by atoms with E-state index in [2.05, 4.69) is 18.0 Å². The van der Waals surface area contributed by atoms with Crippen LogP contribution in [0.1, 0.15) is 36.0 Å². The summed E-state index contributed by atoms with van der Waals surface area (Å²) in [6.45, 7) is 0.872. The topological polar surface area (TPSA) is 62.2 Å². The summed E-state index contributed by atoms with van der Waals surface area (Å²) in [6.07, 6.45) is 2.73. The second-order valence-corrected chi connectivity index (χ2v) is 11.4. The minimum Gasteiger partial charge on any atom is -0.493 e. The van der Waals surface area contributed by atoms with Gasteiger partial charge in [-0.1, -0.05) is 35.3 Å². The number of ether oxygens (including phenoxy) is 2. The van der Waals surface area contributed by atoms with Crippen LogP contribution >= 0.6 is 23.2 Å². The summed E-state index contributed by atoms with van der Waals surface area (Å²) in [4.78, 5) is 17.6. The van der Waals surface area contributed by atoms with Gasteiger partial charge in [-0.2, -0.15) is 0 Å². The summed E-state index contributed by atoms with van der Waals surface area (Å²) in [5, 5.41) is 13.3. The first-order valence-corrected chi connectivity index (χ1v) is 13.0. The van der Waals surface area contributed by atoms with Gasteiger partial charge in [0.2, 0.25) is 5.91 Å². The van der Waals surface area contributed by atoms with E-state index in [0.29, 0.717) is 28.6 Å². The molecule has 2 bridgehead atoms. The van der Waals surface area contributed by atoms with E-state index >= 15 is 0 Å². The Morgan fingerprint density at radius 2 is 2.06 bits per heavy atom. The van der Waals surface area contributed by atoms with Crippen LogP contribution in [0.4, 0.5) is 0 Å². The Morgan fingerprint density at radius 1 is 1.26 bits per heavy atom. The first kappa shape index (κ1) is 23.4. The standard InChI is InChI=1S/C27H30Cl2N2O4/c1-30-11-10-26-23-16-5-7-20(34-3)24(23)35-25(26)19(8-9-27(26,33)21(30)14-16)31(2)22(32)13-15-4-6-17(28)18(29)12-15/h4-7,12,19,21,25,33H,8-11,13-14H2,1-3H3/t19?,21-,25?,26+,27-/m1/s1. The van der Waals surface area contributed by atoms with E-state index in [4.69, 9.17) is 32.7 Å². The molecule has 6 nitrogen and oxygen atoms in total. The Balaban J connectivity index is 1.39. The number of likely N-dealkylation sites (N-methyl/N-ethyl adjacent to an activating group) is 2. The summed E-state index contributed by atoms with van der Waals surface area (Å²) in [6, 6.07) is 9.24. The SMILES string of the molecule is COc1ccc2c3c1OC1C(N(C)C(=O)Cc4ccc(Cl)c(Cl)c4)CC[C@@]4(O)[C@@H](C2)N(C)CC[C@]314. The van der Waals surface area contributed by atoms with Crippen molar-refractivity contribution >= 4 is 29.1 Å². The molecular formula is C27H30Cl2N2O4. The summed E-state index contributed by atoms with van der Waals surface area (Å²) < 4.78 is 12.4. The lowest BCUT2D eigenvalue weighted by atomic mass is 9.48. The number of aliphatic hydroxyl groups is 1. The predicted octanol–water partition coefficient (Wildman–Crippen LogP) is 3.86. The van der Waals surface area contributed by atoms with Crippen molar-refractivity contribution < 1.29 is 19.4 Å². The zero-order valence-electron chi connectivity index (χ0n) is 20.2. The van der Waals surface area contributed by atoms with E-state index in [1.165, 1.54) is 5.56 Å². The predicted molar refractivity (Wildman–Crippen MR) is 135 cm³/mol. The molecule has 2 aromatic rings. The van der Waals surface area contributed by atoms with Crippen molar-refractivity contribution in [2.75, 3.05) is 27.7 Å². The molecule has 4 aliphatic rings. The van der Waals surface area contributed by atoms with Gasteiger partial charge in [-0.15, -0.1) is 0 Å². The number of rotatable bonds is 4. The van der Waals surface area contributed by atoms with Gasteiger partial charge in [-0.05, 0) is 68.6 Å². The number of hydrogen-bond donors (Lipinski definition) is 1. The molecule has 2 heterocycles. The smallest absolute Gasteiger partial charge is 0.227 e. The number of carbonyl (C=O) groups excluding carboxylic acids is 1. The normalized spacial score (nSPS) is 32.6. The van der Waals surface area contributed by atoms with Crippen molar-refractivity contribution in [1.29, 1.82) is 0 Å². The van der Waals surface area contributed by atoms with Gasteiger partial charge in [0.1, 0.15) is 6.10 Å². The van der Waals surface area contributed by atoms with Crippen molar-refractivity contribution in [3.05, 3.63) is 57.1 Å². The fourth-order valence-electron chi connectivity index (χ4n) is 7.41. The van der Waals surface area contributed by atoms with Crippen molar-refractivity contribution in [3.63, 3.8) is 0 Å². The zero-order chi connectivity index (χ0) is 24.7. The van der Waals surface area contributed by atoms with Gasteiger partial charge < -0.3 is 24.4 Å². The third-order valence-corrected chi connectivity index (χ3v) is 9.87. The summed E-state index contributed by atoms with van der Waals surface area (Å²) in [5.41, 5.74) is 1.65. The van der Waals surface area contributed by atoms with Crippen LogP contribution in [0.15, 0.2) is 30.3 Å². The number of halogens is 2. The molecular weight excluding hydrogens is 487 g/mol. The highest BCUT2D eigenvalue weighted by atomic mass is 35.5. The molecule has 0 aromatic heterocycles. The number of carbonyl (C=O) groups is 1. The quantitative estimate of drug-likeness (QED) is 0.668. The van der Waals surface area contributed by atoms with E-state index in [1.54, 1.807) is 19.2 Å². The Kier molecular flexibility index (Phi) is 5.35. The molecule has 35 heavy (non-hydrogen) atoms. The number of hydrogen-bond acceptors (Lipinski definition) is 5. The summed E-state index contributed by atoms with van der Waals surface area (Å²) >= 11 is 12.2. The van der Waals surface area contributed by atoms with Gasteiger partial charge in [0.05, 0.1) is 40.6 Å². The molecule has 2 aliphatic carbocycles. The minimum atomic E-state index is -0.917. The lowest BCUT2D eigenvalue weighted by Crippen LogP contribution is -2.77. The van der Waals surface area contributed by atoms with Gasteiger partial charge in [0.15, 0.2) is 11.5 Å². The van der Waals surface area contributed by atoms with Crippen LogP contribution in [0.3, 0.4) is 0 Å². The number of amides is 1. The van der Waals surface area contributed by atoms with Gasteiger partial charge >= 0.3 is 0 Å². The number of nitrogens with zero attached hydrogens (tertiary/aromatic N) is 2. The van der Waals surface area contributed by atoms with E-state index in [1.807, 2.05) is 24.1 Å². The molecule has 1 saturated heterocycles. The van der Waals surface area contributed by atoms with Gasteiger partial charge in [-0.3, -0.25) is 4.79 Å². The molecule has 186 valence electrons. The molecule has 6 rings (SSSR count). The molecule has 5 atom stereocenters. The highest BCUT2D eigenvalue weighted by Crippen LogP contribution is 2.65. The van der Waals surface area contributed by atoms with E-state index in [0.717, 1.165) is 36.3 Å². The molecule has 1 saturated carbocycles. The molecule has 2 aromatic carbocycles. The third kappa shape index (κ3) is 3.06. The fourth-order valence-corrected chi connectivity index (χ4v) is 7.73. The monoisotopic (exact) mass is 516 g/mol. The summed E-state index contributed by atoms with van der Waals surface area (Å²) in [5.74, 6) is 1.42. The second-order valence-electron chi connectivity index (χ2n) is 10.6.